The largest absolute Gasteiger partial charge is 0.381 e. The molecule has 1 aromatic rings. The van der Waals surface area contributed by atoms with Crippen LogP contribution in [0.3, 0.4) is 0 Å². The van der Waals surface area contributed by atoms with Gasteiger partial charge in [0.2, 0.25) is 5.91 Å². The van der Waals surface area contributed by atoms with Crippen LogP contribution in [0.25, 0.3) is 0 Å². The number of nitrogens with zero attached hydrogens (tertiary/aromatic N) is 1. The Hall–Kier alpha value is -0.870. The van der Waals surface area contributed by atoms with Crippen LogP contribution in [0, 0.1) is 5.92 Å². The summed E-state index contributed by atoms with van der Waals surface area (Å²) in [5.41, 5.74) is 1.19. The lowest BCUT2D eigenvalue weighted by atomic mass is 10.1. The number of ether oxygens (including phenoxy) is 1. The van der Waals surface area contributed by atoms with Crippen molar-refractivity contribution in [1.82, 2.24) is 4.90 Å². The number of amides is 1. The lowest BCUT2D eigenvalue weighted by molar-refractivity contribution is -0.136. The molecular weight excluding hydrogens is 306 g/mol. The van der Waals surface area contributed by atoms with E-state index in [-0.39, 0.29) is 11.8 Å². The molecule has 0 aromatic heterocycles. The minimum Gasteiger partial charge on any atom is -0.381 e. The molecule has 1 saturated carbocycles. The summed E-state index contributed by atoms with van der Waals surface area (Å²) in [6.45, 7) is 2.05. The molecule has 3 nitrogen and oxygen atoms in total. The molecule has 19 heavy (non-hydrogen) atoms. The van der Waals surface area contributed by atoms with Crippen LogP contribution in [0.2, 0.25) is 0 Å². The van der Waals surface area contributed by atoms with Crippen LogP contribution in [0.5, 0.6) is 0 Å². The summed E-state index contributed by atoms with van der Waals surface area (Å²) in [6, 6.07) is 8.66. The maximum atomic E-state index is 12.6. The lowest BCUT2D eigenvalue weighted by Crippen LogP contribution is -2.37. The molecule has 0 unspecified atom stereocenters. The first kappa shape index (κ1) is 13.1. The zero-order valence-electron chi connectivity index (χ0n) is 10.8. The van der Waals surface area contributed by atoms with Crippen LogP contribution < -0.4 is 0 Å². The summed E-state index contributed by atoms with van der Waals surface area (Å²) in [5, 5.41) is 0. The zero-order chi connectivity index (χ0) is 13.2. The molecule has 2 aliphatic rings. The van der Waals surface area contributed by atoms with Crippen molar-refractivity contribution >= 4 is 21.8 Å². The fourth-order valence-corrected chi connectivity index (χ4v) is 3.02. The molecule has 2 fully saturated rings. The van der Waals surface area contributed by atoms with Gasteiger partial charge in [0.1, 0.15) is 0 Å². The maximum Gasteiger partial charge on any atom is 0.228 e. The van der Waals surface area contributed by atoms with E-state index < -0.39 is 0 Å². The highest BCUT2D eigenvalue weighted by Crippen LogP contribution is 2.31. The number of rotatable bonds is 4. The van der Waals surface area contributed by atoms with Gasteiger partial charge in [0.25, 0.3) is 0 Å². The van der Waals surface area contributed by atoms with Crippen molar-refractivity contribution < 1.29 is 9.53 Å². The van der Waals surface area contributed by atoms with Gasteiger partial charge in [-0.25, -0.2) is 0 Å². The first-order valence-corrected chi connectivity index (χ1v) is 7.66. The van der Waals surface area contributed by atoms with Crippen LogP contribution in [-0.4, -0.2) is 30.1 Å². The van der Waals surface area contributed by atoms with Gasteiger partial charge in [0.05, 0.1) is 12.5 Å². The van der Waals surface area contributed by atoms with E-state index in [4.69, 9.17) is 4.74 Å². The summed E-state index contributed by atoms with van der Waals surface area (Å²) in [6.07, 6.45) is 3.17. The second-order valence-corrected chi connectivity index (χ2v) is 6.30. The SMILES string of the molecule is O=C([C@@H]1CCOC1)N(Cc1cccc(Br)c1)C1CC1. The van der Waals surface area contributed by atoms with E-state index in [1.54, 1.807) is 0 Å². The highest BCUT2D eigenvalue weighted by Gasteiger charge is 2.36. The van der Waals surface area contributed by atoms with Crippen molar-refractivity contribution in [2.24, 2.45) is 5.92 Å². The number of carbonyl (C=O) groups is 1. The van der Waals surface area contributed by atoms with E-state index in [9.17, 15) is 4.79 Å². The van der Waals surface area contributed by atoms with Crippen molar-refractivity contribution in [2.45, 2.75) is 31.8 Å². The molecular formula is C15H18BrNO2. The highest BCUT2D eigenvalue weighted by atomic mass is 79.9. The minimum absolute atomic E-state index is 0.0766. The van der Waals surface area contributed by atoms with Gasteiger partial charge in [-0.2, -0.15) is 0 Å². The molecule has 3 rings (SSSR count). The van der Waals surface area contributed by atoms with Crippen LogP contribution in [0.1, 0.15) is 24.8 Å². The number of hydrogen-bond donors (Lipinski definition) is 0. The van der Waals surface area contributed by atoms with E-state index in [1.165, 1.54) is 5.56 Å². The Morgan fingerprint density at radius 3 is 2.84 bits per heavy atom. The Balaban J connectivity index is 1.72. The number of hydrogen-bond acceptors (Lipinski definition) is 2. The molecule has 0 spiro atoms. The van der Waals surface area contributed by atoms with E-state index in [1.807, 2.05) is 12.1 Å². The molecule has 4 heteroatoms. The van der Waals surface area contributed by atoms with Gasteiger partial charge in [-0.05, 0) is 37.0 Å². The Labute approximate surface area is 122 Å². The minimum atomic E-state index is 0.0766. The Kier molecular flexibility index (Phi) is 3.89. The van der Waals surface area contributed by atoms with Gasteiger partial charge in [-0.3, -0.25) is 4.79 Å². The average molecular weight is 324 g/mol. The summed E-state index contributed by atoms with van der Waals surface area (Å²) < 4.78 is 6.41. The standard InChI is InChI=1S/C15H18BrNO2/c16-13-3-1-2-11(8-13)9-17(14-4-5-14)15(18)12-6-7-19-10-12/h1-3,8,12,14H,4-7,9-10H2/t12-/m1/s1. The Morgan fingerprint density at radius 1 is 1.37 bits per heavy atom. The third-order valence-electron chi connectivity index (χ3n) is 3.79. The van der Waals surface area contributed by atoms with Gasteiger partial charge in [-0.1, -0.05) is 28.1 Å². The molecule has 1 aliphatic heterocycles. The van der Waals surface area contributed by atoms with Crippen LogP contribution in [-0.2, 0) is 16.1 Å². The van der Waals surface area contributed by atoms with Crippen molar-refractivity contribution in [2.75, 3.05) is 13.2 Å². The fraction of sp³-hybridized carbons (Fsp3) is 0.533. The topological polar surface area (TPSA) is 29.5 Å². The molecule has 0 radical (unpaired) electrons. The predicted molar refractivity (Wildman–Crippen MR) is 76.6 cm³/mol. The molecule has 1 saturated heterocycles. The summed E-state index contributed by atoms with van der Waals surface area (Å²) in [7, 11) is 0. The quantitative estimate of drug-likeness (QED) is 0.852. The molecule has 1 atom stereocenters. The normalized spacial score (nSPS) is 22.5. The molecule has 0 bridgehead atoms. The smallest absolute Gasteiger partial charge is 0.228 e. The van der Waals surface area contributed by atoms with Crippen molar-refractivity contribution in [1.29, 1.82) is 0 Å². The summed E-state index contributed by atoms with van der Waals surface area (Å²) >= 11 is 3.48. The van der Waals surface area contributed by atoms with Crippen molar-refractivity contribution in [3.8, 4) is 0 Å². The van der Waals surface area contributed by atoms with Crippen LogP contribution >= 0.6 is 15.9 Å². The lowest BCUT2D eigenvalue weighted by Gasteiger charge is -2.25. The second-order valence-electron chi connectivity index (χ2n) is 5.39. The van der Waals surface area contributed by atoms with E-state index in [0.717, 1.165) is 36.9 Å². The Morgan fingerprint density at radius 2 is 2.21 bits per heavy atom. The average Bonchev–Trinajstić information content (AvgIpc) is 3.09. The molecule has 0 N–H and O–H groups in total. The van der Waals surface area contributed by atoms with Gasteiger partial charge in [0.15, 0.2) is 0 Å². The third kappa shape index (κ3) is 3.18. The maximum absolute atomic E-state index is 12.6. The molecule has 102 valence electrons. The van der Waals surface area contributed by atoms with Crippen molar-refractivity contribution in [3.63, 3.8) is 0 Å². The van der Waals surface area contributed by atoms with Crippen molar-refractivity contribution in [3.05, 3.63) is 34.3 Å². The van der Waals surface area contributed by atoms with Gasteiger partial charge in [-0.15, -0.1) is 0 Å². The molecule has 1 aliphatic carbocycles. The second kappa shape index (κ2) is 5.63. The number of benzene rings is 1. The summed E-state index contributed by atoms with van der Waals surface area (Å²) in [5.74, 6) is 0.354. The van der Waals surface area contributed by atoms with E-state index in [0.29, 0.717) is 12.6 Å². The number of halogens is 1. The van der Waals surface area contributed by atoms with Gasteiger partial charge < -0.3 is 9.64 Å². The van der Waals surface area contributed by atoms with E-state index in [2.05, 4.69) is 33.0 Å². The van der Waals surface area contributed by atoms with Gasteiger partial charge >= 0.3 is 0 Å². The van der Waals surface area contributed by atoms with E-state index >= 15 is 0 Å². The third-order valence-corrected chi connectivity index (χ3v) is 4.28. The predicted octanol–water partition coefficient (Wildman–Crippen LogP) is 2.98. The zero-order valence-corrected chi connectivity index (χ0v) is 12.4. The molecule has 1 amide bonds. The monoisotopic (exact) mass is 323 g/mol. The number of carbonyl (C=O) groups excluding carboxylic acids is 1. The van der Waals surface area contributed by atoms with Crippen LogP contribution in [0.4, 0.5) is 0 Å². The molecule has 1 heterocycles. The fourth-order valence-electron chi connectivity index (χ4n) is 2.57. The first-order chi connectivity index (χ1) is 9.24. The summed E-state index contributed by atoms with van der Waals surface area (Å²) in [4.78, 5) is 14.6. The van der Waals surface area contributed by atoms with Gasteiger partial charge in [0, 0.05) is 23.7 Å². The molecule has 1 aromatic carbocycles. The van der Waals surface area contributed by atoms with Crippen LogP contribution in [0.15, 0.2) is 28.7 Å². The first-order valence-electron chi connectivity index (χ1n) is 6.87. The Bertz CT molecular complexity index is 467. The highest BCUT2D eigenvalue weighted by molar-refractivity contribution is 9.10.